The lowest BCUT2D eigenvalue weighted by Crippen LogP contribution is -2.24. The van der Waals surface area contributed by atoms with Crippen LogP contribution in [0.5, 0.6) is 11.5 Å². The highest BCUT2D eigenvalue weighted by Gasteiger charge is 2.16. The number of nitrogens with zero attached hydrogens (tertiary/aromatic N) is 2. The van der Waals surface area contributed by atoms with Crippen molar-refractivity contribution in [3.63, 3.8) is 0 Å². The van der Waals surface area contributed by atoms with E-state index < -0.39 is 0 Å². The first kappa shape index (κ1) is 19.7. The third-order valence-corrected chi connectivity index (χ3v) is 4.78. The highest BCUT2D eigenvalue weighted by atomic mass is 16.5. The summed E-state index contributed by atoms with van der Waals surface area (Å²) in [5.41, 5.74) is 3.14. The van der Waals surface area contributed by atoms with E-state index in [1.54, 1.807) is 14.2 Å². The Morgan fingerprint density at radius 3 is 2.64 bits per heavy atom. The lowest BCUT2D eigenvalue weighted by Gasteiger charge is -2.13. The maximum atomic E-state index is 12.4. The van der Waals surface area contributed by atoms with Gasteiger partial charge in [0.15, 0.2) is 0 Å². The molecule has 1 amide bonds. The van der Waals surface area contributed by atoms with E-state index in [-0.39, 0.29) is 5.91 Å². The molecule has 0 saturated heterocycles. The molecular weight excluding hydrogens is 354 g/mol. The average Bonchev–Trinajstić information content (AvgIpc) is 3.05. The van der Waals surface area contributed by atoms with Gasteiger partial charge >= 0.3 is 0 Å². The Labute approximate surface area is 165 Å². The number of imidazole rings is 1. The molecule has 0 aliphatic rings. The number of hydrogen-bond donors (Lipinski definition) is 1. The van der Waals surface area contributed by atoms with Crippen molar-refractivity contribution in [2.75, 3.05) is 20.8 Å². The fraction of sp³-hybridized carbons (Fsp3) is 0.364. The van der Waals surface area contributed by atoms with Crippen LogP contribution in [0.4, 0.5) is 0 Å². The number of aromatic nitrogens is 2. The van der Waals surface area contributed by atoms with Crippen molar-refractivity contribution in [1.82, 2.24) is 14.9 Å². The Bertz CT molecular complexity index is 979. The number of unbranched alkanes of at least 4 members (excludes halogenated alkanes) is 2. The summed E-state index contributed by atoms with van der Waals surface area (Å²) in [4.78, 5) is 17.1. The van der Waals surface area contributed by atoms with Gasteiger partial charge in [-0.15, -0.1) is 0 Å². The number of hydrogen-bond acceptors (Lipinski definition) is 4. The maximum Gasteiger partial charge on any atom is 0.251 e. The first-order valence-corrected chi connectivity index (χ1v) is 9.58. The van der Waals surface area contributed by atoms with Crippen molar-refractivity contribution in [2.24, 2.45) is 0 Å². The zero-order valence-electron chi connectivity index (χ0n) is 16.9. The molecule has 3 aromatic rings. The number of rotatable bonds is 8. The topological polar surface area (TPSA) is 65.4 Å². The van der Waals surface area contributed by atoms with E-state index in [9.17, 15) is 4.79 Å². The van der Waals surface area contributed by atoms with Gasteiger partial charge in [0.05, 0.1) is 30.9 Å². The second-order valence-corrected chi connectivity index (χ2v) is 6.70. The molecule has 0 unspecified atom stereocenters. The summed E-state index contributed by atoms with van der Waals surface area (Å²) in [5, 5.41) is 2.97. The third kappa shape index (κ3) is 3.96. The van der Waals surface area contributed by atoms with Crippen molar-refractivity contribution < 1.29 is 14.3 Å². The van der Waals surface area contributed by atoms with Crippen LogP contribution >= 0.6 is 0 Å². The van der Waals surface area contributed by atoms with Gasteiger partial charge in [-0.1, -0.05) is 19.8 Å². The van der Waals surface area contributed by atoms with E-state index in [1.807, 2.05) is 47.9 Å². The van der Waals surface area contributed by atoms with Crippen LogP contribution in [-0.2, 0) is 0 Å². The quantitative estimate of drug-likeness (QED) is 0.592. The van der Waals surface area contributed by atoms with Gasteiger partial charge < -0.3 is 14.8 Å². The molecular formula is C22H27N3O3. The molecule has 28 heavy (non-hydrogen) atoms. The predicted molar refractivity (Wildman–Crippen MR) is 111 cm³/mol. The van der Waals surface area contributed by atoms with Crippen LogP contribution in [0.3, 0.4) is 0 Å². The van der Waals surface area contributed by atoms with Gasteiger partial charge in [-0.3, -0.25) is 9.36 Å². The maximum absolute atomic E-state index is 12.4. The van der Waals surface area contributed by atoms with Crippen molar-refractivity contribution >= 4 is 16.9 Å². The van der Waals surface area contributed by atoms with Gasteiger partial charge in [-0.05, 0) is 43.7 Å². The van der Waals surface area contributed by atoms with Crippen LogP contribution < -0.4 is 14.8 Å². The Morgan fingerprint density at radius 1 is 1.11 bits per heavy atom. The standard InChI is InChI=1S/C22H27N3O3/c1-5-6-7-12-23-22(26)16-8-10-19-18(13-16)24-15(2)25(19)20-14-17(27-3)9-11-21(20)28-4/h8-11,13-14H,5-7,12H2,1-4H3,(H,23,26). The smallest absolute Gasteiger partial charge is 0.251 e. The second-order valence-electron chi connectivity index (χ2n) is 6.70. The normalized spacial score (nSPS) is 10.9. The summed E-state index contributed by atoms with van der Waals surface area (Å²) < 4.78 is 12.9. The fourth-order valence-electron chi connectivity index (χ4n) is 3.30. The zero-order valence-corrected chi connectivity index (χ0v) is 16.9. The molecule has 0 atom stereocenters. The molecule has 0 radical (unpaired) electrons. The summed E-state index contributed by atoms with van der Waals surface area (Å²) in [6.07, 6.45) is 3.24. The molecule has 6 heteroatoms. The van der Waals surface area contributed by atoms with E-state index >= 15 is 0 Å². The number of amides is 1. The van der Waals surface area contributed by atoms with E-state index in [1.165, 1.54) is 0 Å². The molecule has 6 nitrogen and oxygen atoms in total. The molecule has 0 fully saturated rings. The van der Waals surface area contributed by atoms with Crippen LogP contribution in [-0.4, -0.2) is 36.2 Å². The van der Waals surface area contributed by atoms with Gasteiger partial charge in [0.2, 0.25) is 0 Å². The van der Waals surface area contributed by atoms with E-state index in [4.69, 9.17) is 9.47 Å². The summed E-state index contributed by atoms with van der Waals surface area (Å²) in [7, 11) is 3.27. The van der Waals surface area contributed by atoms with Crippen LogP contribution in [0.2, 0.25) is 0 Å². The molecule has 1 heterocycles. The van der Waals surface area contributed by atoms with Crippen LogP contribution in [0.1, 0.15) is 42.4 Å². The second kappa shape index (κ2) is 8.78. The number of aryl methyl sites for hydroxylation is 1. The molecule has 0 spiro atoms. The molecule has 0 aliphatic carbocycles. The van der Waals surface area contributed by atoms with Gasteiger partial charge in [0.1, 0.15) is 17.3 Å². The minimum atomic E-state index is -0.0656. The Morgan fingerprint density at radius 2 is 1.93 bits per heavy atom. The zero-order chi connectivity index (χ0) is 20.1. The molecule has 0 bridgehead atoms. The number of carbonyl (C=O) groups is 1. The lowest BCUT2D eigenvalue weighted by atomic mass is 10.1. The number of ether oxygens (including phenoxy) is 2. The minimum absolute atomic E-state index is 0.0656. The molecule has 0 aliphatic heterocycles. The lowest BCUT2D eigenvalue weighted by molar-refractivity contribution is 0.0953. The predicted octanol–water partition coefficient (Wildman–Crippen LogP) is 4.27. The highest BCUT2D eigenvalue weighted by molar-refractivity contribution is 5.97. The summed E-state index contributed by atoms with van der Waals surface area (Å²) in [6, 6.07) is 11.2. The van der Waals surface area contributed by atoms with E-state index in [0.29, 0.717) is 12.1 Å². The number of carbonyl (C=O) groups excluding carboxylic acids is 1. The SMILES string of the molecule is CCCCCNC(=O)c1ccc2c(c1)nc(C)n2-c1cc(OC)ccc1OC. The minimum Gasteiger partial charge on any atom is -0.497 e. The van der Waals surface area contributed by atoms with Crippen molar-refractivity contribution in [3.05, 3.63) is 47.8 Å². The van der Waals surface area contributed by atoms with Crippen molar-refractivity contribution in [3.8, 4) is 17.2 Å². The summed E-state index contributed by atoms with van der Waals surface area (Å²) >= 11 is 0. The number of fused-ring (bicyclic) bond motifs is 1. The fourth-order valence-corrected chi connectivity index (χ4v) is 3.30. The number of nitrogens with one attached hydrogen (secondary N) is 1. The van der Waals surface area contributed by atoms with Crippen LogP contribution in [0, 0.1) is 6.92 Å². The first-order chi connectivity index (χ1) is 13.6. The molecule has 1 N–H and O–H groups in total. The number of methoxy groups -OCH3 is 2. The Kier molecular flexibility index (Phi) is 6.19. The van der Waals surface area contributed by atoms with E-state index in [0.717, 1.165) is 53.3 Å². The molecule has 148 valence electrons. The number of benzene rings is 2. The van der Waals surface area contributed by atoms with Gasteiger partial charge in [-0.25, -0.2) is 4.98 Å². The molecule has 3 rings (SSSR count). The highest BCUT2D eigenvalue weighted by Crippen LogP contribution is 2.31. The molecule has 0 saturated carbocycles. The van der Waals surface area contributed by atoms with Gasteiger partial charge in [-0.2, -0.15) is 0 Å². The van der Waals surface area contributed by atoms with Gasteiger partial charge in [0, 0.05) is 18.2 Å². The molecule has 2 aromatic carbocycles. The Balaban J connectivity index is 1.96. The monoisotopic (exact) mass is 381 g/mol. The van der Waals surface area contributed by atoms with E-state index in [2.05, 4.69) is 17.2 Å². The third-order valence-electron chi connectivity index (χ3n) is 4.78. The summed E-state index contributed by atoms with van der Waals surface area (Å²) in [6.45, 7) is 4.77. The van der Waals surface area contributed by atoms with Gasteiger partial charge in [0.25, 0.3) is 5.91 Å². The average molecular weight is 381 g/mol. The van der Waals surface area contributed by atoms with Crippen LogP contribution in [0.25, 0.3) is 16.7 Å². The van der Waals surface area contributed by atoms with Crippen molar-refractivity contribution in [1.29, 1.82) is 0 Å². The molecule has 1 aromatic heterocycles. The van der Waals surface area contributed by atoms with Crippen molar-refractivity contribution in [2.45, 2.75) is 33.1 Å². The Hall–Kier alpha value is -3.02. The van der Waals surface area contributed by atoms with Crippen LogP contribution in [0.15, 0.2) is 36.4 Å². The largest absolute Gasteiger partial charge is 0.497 e. The first-order valence-electron chi connectivity index (χ1n) is 9.58. The summed E-state index contributed by atoms with van der Waals surface area (Å²) in [5.74, 6) is 2.20.